The van der Waals surface area contributed by atoms with E-state index in [1.54, 1.807) is 12.1 Å². The van der Waals surface area contributed by atoms with E-state index in [9.17, 15) is 9.50 Å². The first-order valence-corrected chi connectivity index (χ1v) is 8.94. The number of aryl methyl sites for hydroxylation is 3. The predicted molar refractivity (Wildman–Crippen MR) is 98.9 cm³/mol. The average Bonchev–Trinajstić information content (AvgIpc) is 2.90. The molecule has 1 aliphatic heterocycles. The maximum absolute atomic E-state index is 13.2. The monoisotopic (exact) mass is 354 g/mol. The van der Waals surface area contributed by atoms with Crippen molar-refractivity contribution in [3.8, 4) is 0 Å². The SMILES string of the molecule is Cc1cc(N2CCC(O)(c3ccc(F)cc3)CC2)n2nc(C)c(C)c2n1. The Hall–Kier alpha value is -2.47. The molecular weight excluding hydrogens is 331 g/mol. The van der Waals surface area contributed by atoms with Crippen molar-refractivity contribution in [2.24, 2.45) is 0 Å². The fourth-order valence-corrected chi connectivity index (χ4v) is 3.71. The van der Waals surface area contributed by atoms with Crippen LogP contribution in [0, 0.1) is 26.6 Å². The van der Waals surface area contributed by atoms with E-state index in [4.69, 9.17) is 0 Å². The quantitative estimate of drug-likeness (QED) is 0.767. The summed E-state index contributed by atoms with van der Waals surface area (Å²) in [6, 6.07) is 8.22. The number of fused-ring (bicyclic) bond motifs is 1. The van der Waals surface area contributed by atoms with Gasteiger partial charge in [-0.05, 0) is 51.3 Å². The Bertz CT molecular complexity index is 956. The van der Waals surface area contributed by atoms with Crippen LogP contribution < -0.4 is 4.90 Å². The van der Waals surface area contributed by atoms with Gasteiger partial charge in [-0.15, -0.1) is 0 Å². The zero-order valence-electron chi connectivity index (χ0n) is 15.3. The van der Waals surface area contributed by atoms with Crippen LogP contribution in [0.3, 0.4) is 0 Å². The van der Waals surface area contributed by atoms with Crippen LogP contribution in [0.5, 0.6) is 0 Å². The number of piperidine rings is 1. The maximum Gasteiger partial charge on any atom is 0.160 e. The number of halogens is 1. The van der Waals surface area contributed by atoms with Crippen LogP contribution in [0.15, 0.2) is 30.3 Å². The van der Waals surface area contributed by atoms with Crippen LogP contribution in [-0.4, -0.2) is 32.8 Å². The highest BCUT2D eigenvalue weighted by Crippen LogP contribution is 2.35. The van der Waals surface area contributed by atoms with E-state index >= 15 is 0 Å². The number of rotatable bonds is 2. The van der Waals surface area contributed by atoms with Gasteiger partial charge in [0.15, 0.2) is 5.65 Å². The molecule has 0 aliphatic carbocycles. The fraction of sp³-hybridized carbons (Fsp3) is 0.400. The minimum atomic E-state index is -0.915. The topological polar surface area (TPSA) is 53.7 Å². The molecule has 26 heavy (non-hydrogen) atoms. The van der Waals surface area contributed by atoms with E-state index in [0.29, 0.717) is 25.9 Å². The highest BCUT2D eigenvalue weighted by atomic mass is 19.1. The van der Waals surface area contributed by atoms with Crippen molar-refractivity contribution in [1.82, 2.24) is 14.6 Å². The normalized spacial score (nSPS) is 17.0. The van der Waals surface area contributed by atoms with Gasteiger partial charge in [-0.3, -0.25) is 0 Å². The van der Waals surface area contributed by atoms with Crippen LogP contribution >= 0.6 is 0 Å². The second kappa shape index (κ2) is 6.06. The summed E-state index contributed by atoms with van der Waals surface area (Å²) in [7, 11) is 0. The van der Waals surface area contributed by atoms with Crippen molar-refractivity contribution in [2.45, 2.75) is 39.2 Å². The minimum Gasteiger partial charge on any atom is -0.385 e. The minimum absolute atomic E-state index is 0.283. The first-order valence-electron chi connectivity index (χ1n) is 8.94. The lowest BCUT2D eigenvalue weighted by atomic mass is 9.84. The Labute approximate surface area is 152 Å². The predicted octanol–water partition coefficient (Wildman–Crippen LogP) is 3.28. The molecule has 6 heteroatoms. The third kappa shape index (κ3) is 2.74. The zero-order valence-corrected chi connectivity index (χ0v) is 15.3. The lowest BCUT2D eigenvalue weighted by Gasteiger charge is -2.39. The number of anilines is 1. The molecule has 0 atom stereocenters. The smallest absolute Gasteiger partial charge is 0.160 e. The molecule has 2 aromatic heterocycles. The van der Waals surface area contributed by atoms with Crippen molar-refractivity contribution >= 4 is 11.5 Å². The summed E-state index contributed by atoms with van der Waals surface area (Å²) in [5.41, 5.74) is 3.77. The Morgan fingerprint density at radius 2 is 1.73 bits per heavy atom. The first-order chi connectivity index (χ1) is 12.4. The van der Waals surface area contributed by atoms with Gasteiger partial charge in [0.2, 0.25) is 0 Å². The molecular formula is C20H23FN4O. The van der Waals surface area contributed by atoms with Gasteiger partial charge in [-0.2, -0.15) is 9.61 Å². The zero-order chi connectivity index (χ0) is 18.5. The second-order valence-electron chi connectivity index (χ2n) is 7.23. The lowest BCUT2D eigenvalue weighted by Crippen LogP contribution is -2.43. The van der Waals surface area contributed by atoms with E-state index in [0.717, 1.165) is 34.0 Å². The van der Waals surface area contributed by atoms with Crippen LogP contribution in [0.2, 0.25) is 0 Å². The molecule has 1 saturated heterocycles. The van der Waals surface area contributed by atoms with Crippen molar-refractivity contribution in [2.75, 3.05) is 18.0 Å². The molecule has 0 bridgehead atoms. The molecule has 0 amide bonds. The Morgan fingerprint density at radius 1 is 1.08 bits per heavy atom. The Morgan fingerprint density at radius 3 is 2.38 bits per heavy atom. The van der Waals surface area contributed by atoms with Gasteiger partial charge in [0, 0.05) is 30.4 Å². The van der Waals surface area contributed by atoms with Crippen LogP contribution in [0.1, 0.15) is 35.4 Å². The van der Waals surface area contributed by atoms with Gasteiger partial charge in [0.05, 0.1) is 11.3 Å². The second-order valence-corrected chi connectivity index (χ2v) is 7.23. The molecule has 1 aliphatic rings. The van der Waals surface area contributed by atoms with Gasteiger partial charge in [-0.1, -0.05) is 12.1 Å². The van der Waals surface area contributed by atoms with Crippen molar-refractivity contribution < 1.29 is 9.50 Å². The van der Waals surface area contributed by atoms with Crippen molar-refractivity contribution in [1.29, 1.82) is 0 Å². The first kappa shape index (κ1) is 17.0. The molecule has 0 unspecified atom stereocenters. The Balaban J connectivity index is 1.63. The van der Waals surface area contributed by atoms with Crippen molar-refractivity contribution in [3.05, 3.63) is 58.7 Å². The Kier molecular flexibility index (Phi) is 3.95. The molecule has 1 aromatic carbocycles. The molecule has 1 fully saturated rings. The summed E-state index contributed by atoms with van der Waals surface area (Å²) in [5.74, 6) is 0.721. The van der Waals surface area contributed by atoms with Gasteiger partial charge in [0.25, 0.3) is 0 Å². The van der Waals surface area contributed by atoms with Gasteiger partial charge in [0.1, 0.15) is 11.6 Å². The molecule has 0 spiro atoms. The maximum atomic E-state index is 13.2. The molecule has 0 radical (unpaired) electrons. The van der Waals surface area contributed by atoms with Gasteiger partial charge < -0.3 is 10.0 Å². The third-order valence-corrected chi connectivity index (χ3v) is 5.46. The van der Waals surface area contributed by atoms with E-state index in [1.807, 2.05) is 31.4 Å². The van der Waals surface area contributed by atoms with E-state index < -0.39 is 5.60 Å². The number of benzene rings is 1. The molecule has 5 nitrogen and oxygen atoms in total. The largest absolute Gasteiger partial charge is 0.385 e. The number of nitrogens with zero attached hydrogens (tertiary/aromatic N) is 4. The molecule has 4 rings (SSSR count). The third-order valence-electron chi connectivity index (χ3n) is 5.46. The number of hydrogen-bond donors (Lipinski definition) is 1. The number of aromatic nitrogens is 3. The molecule has 3 aromatic rings. The summed E-state index contributed by atoms with van der Waals surface area (Å²) < 4.78 is 15.1. The summed E-state index contributed by atoms with van der Waals surface area (Å²) >= 11 is 0. The highest BCUT2D eigenvalue weighted by molar-refractivity contribution is 5.57. The summed E-state index contributed by atoms with van der Waals surface area (Å²) in [6.45, 7) is 7.42. The summed E-state index contributed by atoms with van der Waals surface area (Å²) in [5, 5.41) is 15.7. The van der Waals surface area contributed by atoms with Crippen LogP contribution in [0.4, 0.5) is 10.2 Å². The average molecular weight is 354 g/mol. The fourth-order valence-electron chi connectivity index (χ4n) is 3.71. The molecule has 136 valence electrons. The summed E-state index contributed by atoms with van der Waals surface area (Å²) in [6.07, 6.45) is 1.17. The lowest BCUT2D eigenvalue weighted by molar-refractivity contribution is 0.0115. The van der Waals surface area contributed by atoms with E-state index in [1.165, 1.54) is 12.1 Å². The van der Waals surface area contributed by atoms with Crippen LogP contribution in [-0.2, 0) is 5.60 Å². The van der Waals surface area contributed by atoms with E-state index in [2.05, 4.69) is 15.0 Å². The summed E-state index contributed by atoms with van der Waals surface area (Å²) in [4.78, 5) is 6.87. The van der Waals surface area contributed by atoms with Crippen LogP contribution in [0.25, 0.3) is 5.65 Å². The molecule has 1 N–H and O–H groups in total. The number of aliphatic hydroxyl groups is 1. The van der Waals surface area contributed by atoms with Gasteiger partial charge in [-0.25, -0.2) is 9.37 Å². The highest BCUT2D eigenvalue weighted by Gasteiger charge is 2.34. The standard InChI is InChI=1S/C20H23FN4O/c1-13-12-18(25-19(22-13)14(2)15(3)23-25)24-10-8-20(26,9-11-24)16-4-6-17(21)7-5-16/h4-7,12,26H,8-11H2,1-3H3. The molecule has 3 heterocycles. The van der Waals surface area contributed by atoms with Gasteiger partial charge >= 0.3 is 0 Å². The van der Waals surface area contributed by atoms with E-state index in [-0.39, 0.29) is 5.82 Å². The van der Waals surface area contributed by atoms with Crippen molar-refractivity contribution in [3.63, 3.8) is 0 Å². The number of hydrogen-bond acceptors (Lipinski definition) is 4. The molecule has 0 saturated carbocycles.